The van der Waals surface area contributed by atoms with Gasteiger partial charge in [-0.1, -0.05) is 64.1 Å². The first-order valence-electron chi connectivity index (χ1n) is 9.31. The van der Waals surface area contributed by atoms with Crippen molar-refractivity contribution in [1.82, 2.24) is 0 Å². The Hall–Kier alpha value is -2.61. The Kier molecular flexibility index (Phi) is 6.97. The third-order valence-corrected chi connectivity index (χ3v) is 4.38. The Labute approximate surface area is 158 Å². The average Bonchev–Trinajstić information content (AvgIpc) is 2.62. The minimum absolute atomic E-state index is 0.397. The van der Waals surface area contributed by atoms with Crippen LogP contribution >= 0.6 is 0 Å². The van der Waals surface area contributed by atoms with Gasteiger partial charge in [0.1, 0.15) is 0 Å². The van der Waals surface area contributed by atoms with E-state index < -0.39 is 0 Å². The van der Waals surface area contributed by atoms with Crippen LogP contribution in [0.4, 0.5) is 5.69 Å². The van der Waals surface area contributed by atoms with Crippen LogP contribution in [-0.2, 0) is 0 Å². The summed E-state index contributed by atoms with van der Waals surface area (Å²) in [5.74, 6) is 0.397. The van der Waals surface area contributed by atoms with Gasteiger partial charge in [-0.05, 0) is 65.3 Å². The maximum atomic E-state index is 5.67. The van der Waals surface area contributed by atoms with Gasteiger partial charge in [-0.15, -0.1) is 0 Å². The van der Waals surface area contributed by atoms with E-state index in [-0.39, 0.29) is 0 Å². The van der Waals surface area contributed by atoms with Gasteiger partial charge in [0, 0.05) is 11.9 Å². The quantitative estimate of drug-likeness (QED) is 0.547. The minimum Gasteiger partial charge on any atom is -0.402 e. The molecule has 0 aromatic heterocycles. The van der Waals surface area contributed by atoms with E-state index in [4.69, 9.17) is 5.73 Å². The van der Waals surface area contributed by atoms with Gasteiger partial charge in [0.2, 0.25) is 0 Å². The van der Waals surface area contributed by atoms with Crippen molar-refractivity contribution in [3.8, 4) is 11.1 Å². The monoisotopic (exact) mass is 346 g/mol. The molecule has 0 heterocycles. The summed E-state index contributed by atoms with van der Waals surface area (Å²) in [6, 6.07) is 15.2. The van der Waals surface area contributed by atoms with Crippen LogP contribution in [0.25, 0.3) is 16.7 Å². The Morgan fingerprint density at radius 2 is 1.77 bits per heavy atom. The summed E-state index contributed by atoms with van der Waals surface area (Å²) >= 11 is 0. The van der Waals surface area contributed by atoms with Crippen LogP contribution < -0.4 is 5.73 Å². The molecule has 0 saturated heterocycles. The molecule has 0 aliphatic heterocycles. The van der Waals surface area contributed by atoms with Crippen molar-refractivity contribution in [1.29, 1.82) is 0 Å². The molecule has 2 heteroatoms. The van der Waals surface area contributed by atoms with E-state index in [1.807, 2.05) is 13.0 Å². The summed E-state index contributed by atoms with van der Waals surface area (Å²) in [7, 11) is 0. The van der Waals surface area contributed by atoms with Crippen molar-refractivity contribution < 1.29 is 0 Å². The maximum Gasteiger partial charge on any atom is 0.0664 e. The van der Waals surface area contributed by atoms with Crippen molar-refractivity contribution in [3.05, 3.63) is 71.9 Å². The molecule has 0 saturated carbocycles. The van der Waals surface area contributed by atoms with E-state index in [2.05, 4.69) is 74.8 Å². The summed E-state index contributed by atoms with van der Waals surface area (Å²) in [4.78, 5) is 4.57. The van der Waals surface area contributed by atoms with E-state index in [0.29, 0.717) is 5.92 Å². The van der Waals surface area contributed by atoms with Crippen molar-refractivity contribution >= 4 is 17.5 Å². The Morgan fingerprint density at radius 1 is 1.12 bits per heavy atom. The number of hydrogen-bond donors (Lipinski definition) is 1. The summed E-state index contributed by atoms with van der Waals surface area (Å²) < 4.78 is 0. The van der Waals surface area contributed by atoms with Crippen LogP contribution in [0.15, 0.2) is 65.8 Å². The number of rotatable bonds is 7. The molecule has 2 aromatic carbocycles. The molecule has 26 heavy (non-hydrogen) atoms. The van der Waals surface area contributed by atoms with Gasteiger partial charge in [-0.25, -0.2) is 0 Å². The van der Waals surface area contributed by atoms with Gasteiger partial charge in [0.25, 0.3) is 0 Å². The highest BCUT2D eigenvalue weighted by Crippen LogP contribution is 2.32. The fourth-order valence-electron chi connectivity index (χ4n) is 2.89. The highest BCUT2D eigenvalue weighted by atomic mass is 14.7. The fraction of sp³-hybridized carbons (Fsp3) is 0.292. The predicted molar refractivity (Wildman–Crippen MR) is 116 cm³/mol. The normalized spacial score (nSPS) is 12.1. The van der Waals surface area contributed by atoms with E-state index >= 15 is 0 Å². The third-order valence-electron chi connectivity index (χ3n) is 4.38. The van der Waals surface area contributed by atoms with Gasteiger partial charge in [0.05, 0.1) is 5.69 Å². The van der Waals surface area contributed by atoms with Gasteiger partial charge >= 0.3 is 0 Å². The second-order valence-corrected chi connectivity index (χ2v) is 7.05. The molecule has 0 aliphatic carbocycles. The summed E-state index contributed by atoms with van der Waals surface area (Å²) in [6.45, 7) is 12.6. The van der Waals surface area contributed by atoms with Crippen molar-refractivity contribution in [2.45, 2.75) is 46.5 Å². The topological polar surface area (TPSA) is 38.4 Å². The van der Waals surface area contributed by atoms with E-state index in [9.17, 15) is 0 Å². The van der Waals surface area contributed by atoms with Crippen molar-refractivity contribution in [3.63, 3.8) is 0 Å². The molecule has 0 radical (unpaired) electrons. The molecule has 2 aromatic rings. The molecule has 0 spiro atoms. The lowest BCUT2D eigenvalue weighted by molar-refractivity contribution is 0.867. The summed E-state index contributed by atoms with van der Waals surface area (Å²) in [6.07, 6.45) is 5.75. The van der Waals surface area contributed by atoms with Crippen molar-refractivity contribution in [2.24, 2.45) is 10.7 Å². The number of hydrogen-bond acceptors (Lipinski definition) is 2. The number of allylic oxidation sites excluding steroid dienone is 3. The molecule has 0 amide bonds. The number of benzene rings is 2. The fourth-order valence-corrected chi connectivity index (χ4v) is 2.89. The standard InChI is InChI=1S/C24H30N2/c1-6-7-18(4)20-8-10-21(11-9-20)22-12-13-24(23(16-22)17(2)3)26-15-14-19(5)25/h8-17H,4,6-7,25H2,1-3,5H3. The molecule has 136 valence electrons. The van der Waals surface area contributed by atoms with E-state index in [1.54, 1.807) is 6.21 Å². The lowest BCUT2D eigenvalue weighted by atomic mass is 9.94. The third kappa shape index (κ3) is 5.19. The van der Waals surface area contributed by atoms with Gasteiger partial charge in [-0.3, -0.25) is 4.99 Å². The summed E-state index contributed by atoms with van der Waals surface area (Å²) in [5, 5.41) is 0. The lowest BCUT2D eigenvalue weighted by Gasteiger charge is -2.13. The lowest BCUT2D eigenvalue weighted by Crippen LogP contribution is -1.92. The summed E-state index contributed by atoms with van der Waals surface area (Å²) in [5.41, 5.74) is 13.5. The first-order chi connectivity index (χ1) is 12.4. The number of nitrogens with zero attached hydrogens (tertiary/aromatic N) is 1. The molecular weight excluding hydrogens is 316 g/mol. The van der Waals surface area contributed by atoms with Gasteiger partial charge in [0.15, 0.2) is 0 Å². The molecular formula is C24H30N2. The van der Waals surface area contributed by atoms with Gasteiger partial charge in [-0.2, -0.15) is 0 Å². The molecule has 2 nitrogen and oxygen atoms in total. The molecule has 0 aliphatic rings. The van der Waals surface area contributed by atoms with Crippen LogP contribution in [0.2, 0.25) is 0 Å². The first kappa shape index (κ1) is 19.7. The highest BCUT2D eigenvalue weighted by molar-refractivity contribution is 5.77. The Bertz CT molecular complexity index is 805. The average molecular weight is 347 g/mol. The zero-order valence-electron chi connectivity index (χ0n) is 16.4. The second kappa shape index (κ2) is 9.19. The van der Waals surface area contributed by atoms with Crippen LogP contribution in [0, 0.1) is 0 Å². The molecule has 0 unspecified atom stereocenters. The molecule has 2 rings (SSSR count). The SMILES string of the molecule is C=C(CCC)c1ccc(-c2ccc(N=CC=C(C)N)c(C(C)C)c2)cc1. The van der Waals surface area contributed by atoms with Crippen molar-refractivity contribution in [2.75, 3.05) is 0 Å². The largest absolute Gasteiger partial charge is 0.402 e. The highest BCUT2D eigenvalue weighted by Gasteiger charge is 2.08. The van der Waals surface area contributed by atoms with E-state index in [1.165, 1.54) is 27.8 Å². The maximum absolute atomic E-state index is 5.67. The first-order valence-corrected chi connectivity index (χ1v) is 9.31. The minimum atomic E-state index is 0.397. The zero-order chi connectivity index (χ0) is 19.1. The smallest absolute Gasteiger partial charge is 0.0664 e. The second-order valence-electron chi connectivity index (χ2n) is 7.05. The Morgan fingerprint density at radius 3 is 2.35 bits per heavy atom. The Balaban J connectivity index is 2.33. The van der Waals surface area contributed by atoms with Crippen LogP contribution in [0.3, 0.4) is 0 Å². The van der Waals surface area contributed by atoms with Gasteiger partial charge < -0.3 is 5.73 Å². The number of nitrogens with two attached hydrogens (primary N) is 1. The predicted octanol–water partition coefficient (Wildman–Crippen LogP) is 6.86. The number of aliphatic imine (C=N–C) groups is 1. The molecule has 0 bridgehead atoms. The van der Waals surface area contributed by atoms with Crippen LogP contribution in [0.1, 0.15) is 57.6 Å². The molecule has 0 atom stereocenters. The van der Waals surface area contributed by atoms with Crippen LogP contribution in [0.5, 0.6) is 0 Å². The molecule has 2 N–H and O–H groups in total. The molecule has 0 fully saturated rings. The zero-order valence-corrected chi connectivity index (χ0v) is 16.4. The van der Waals surface area contributed by atoms with E-state index in [0.717, 1.165) is 24.2 Å². The van der Waals surface area contributed by atoms with Crippen LogP contribution in [-0.4, -0.2) is 6.21 Å².